The summed E-state index contributed by atoms with van der Waals surface area (Å²) in [6.07, 6.45) is 0. The third kappa shape index (κ3) is 6.53. The van der Waals surface area contributed by atoms with Crippen LogP contribution in [0.1, 0.15) is 17.3 Å². The minimum absolute atomic E-state index is 0.161. The molecule has 160 valence electrons. The first kappa shape index (κ1) is 21.8. The smallest absolute Gasteiger partial charge is 0.255 e. The highest BCUT2D eigenvalue weighted by atomic mass is 19.1. The molecule has 3 rings (SSSR count). The number of halogens is 2. The summed E-state index contributed by atoms with van der Waals surface area (Å²) in [4.78, 5) is 24.4. The molecule has 0 saturated carbocycles. The van der Waals surface area contributed by atoms with Gasteiger partial charge in [0.1, 0.15) is 17.4 Å². The number of rotatable bonds is 8. The second-order valence-corrected chi connectivity index (χ2v) is 6.55. The molecule has 0 radical (unpaired) electrons. The minimum atomic E-state index is -0.734. The van der Waals surface area contributed by atoms with Crippen molar-refractivity contribution in [1.82, 2.24) is 0 Å². The van der Waals surface area contributed by atoms with Crippen LogP contribution in [-0.2, 0) is 4.79 Å². The molecule has 0 atom stereocenters. The van der Waals surface area contributed by atoms with Crippen LogP contribution in [0.25, 0.3) is 0 Å². The zero-order valence-electron chi connectivity index (χ0n) is 16.7. The van der Waals surface area contributed by atoms with Gasteiger partial charge in [-0.3, -0.25) is 9.59 Å². The third-order valence-corrected chi connectivity index (χ3v) is 4.17. The molecule has 0 aliphatic carbocycles. The van der Waals surface area contributed by atoms with E-state index in [0.29, 0.717) is 23.5 Å². The Balaban J connectivity index is 1.51. The first-order valence-corrected chi connectivity index (χ1v) is 9.57. The average Bonchev–Trinajstić information content (AvgIpc) is 2.74. The number of hydrogen-bond donors (Lipinski definition) is 3. The SMILES string of the molecule is CCOc1ccc(NC(=O)c2ccc(NC(=O)CNc3cc(F)cc(F)c3)cc2)cc1. The van der Waals surface area contributed by atoms with Crippen LogP contribution in [0.4, 0.5) is 25.8 Å². The molecule has 31 heavy (non-hydrogen) atoms. The van der Waals surface area contributed by atoms with Gasteiger partial charge >= 0.3 is 0 Å². The van der Waals surface area contributed by atoms with Gasteiger partial charge in [-0.2, -0.15) is 0 Å². The standard InChI is InChI=1S/C23H21F2N3O3/c1-2-31-21-9-7-19(8-10-21)28-23(30)15-3-5-18(6-4-15)27-22(29)14-26-20-12-16(24)11-17(25)13-20/h3-13,26H,2,14H2,1H3,(H,27,29)(H,28,30). The summed E-state index contributed by atoms with van der Waals surface area (Å²) >= 11 is 0. The molecule has 0 aromatic heterocycles. The van der Waals surface area contributed by atoms with E-state index < -0.39 is 17.5 Å². The molecule has 8 heteroatoms. The summed E-state index contributed by atoms with van der Waals surface area (Å²) in [6, 6.07) is 16.3. The Morgan fingerprint density at radius 2 is 1.39 bits per heavy atom. The Bertz CT molecular complexity index is 1030. The second-order valence-electron chi connectivity index (χ2n) is 6.55. The van der Waals surface area contributed by atoms with Crippen LogP contribution in [0.3, 0.4) is 0 Å². The quantitative estimate of drug-likeness (QED) is 0.490. The van der Waals surface area contributed by atoms with Gasteiger partial charge in [0.05, 0.1) is 13.2 Å². The van der Waals surface area contributed by atoms with Crippen LogP contribution in [0.2, 0.25) is 0 Å². The van der Waals surface area contributed by atoms with E-state index in [9.17, 15) is 18.4 Å². The molecule has 0 aliphatic rings. The topological polar surface area (TPSA) is 79.5 Å². The molecule has 3 aromatic carbocycles. The van der Waals surface area contributed by atoms with E-state index in [1.807, 2.05) is 6.92 Å². The molecule has 0 unspecified atom stereocenters. The molecule has 0 saturated heterocycles. The largest absolute Gasteiger partial charge is 0.494 e. The van der Waals surface area contributed by atoms with Gasteiger partial charge < -0.3 is 20.7 Å². The summed E-state index contributed by atoms with van der Waals surface area (Å²) in [5.41, 5.74) is 1.69. The van der Waals surface area contributed by atoms with Gasteiger partial charge in [0.2, 0.25) is 5.91 Å². The second kappa shape index (κ2) is 10.2. The van der Waals surface area contributed by atoms with Crippen molar-refractivity contribution in [2.75, 3.05) is 29.1 Å². The van der Waals surface area contributed by atoms with Gasteiger partial charge in [0.25, 0.3) is 5.91 Å². The molecular weight excluding hydrogens is 404 g/mol. The number of anilines is 3. The summed E-state index contributed by atoms with van der Waals surface area (Å²) < 4.78 is 31.7. The van der Waals surface area contributed by atoms with Crippen LogP contribution in [0.5, 0.6) is 5.75 Å². The maximum Gasteiger partial charge on any atom is 0.255 e. The molecule has 3 N–H and O–H groups in total. The van der Waals surface area contributed by atoms with Gasteiger partial charge in [-0.25, -0.2) is 8.78 Å². The Kier molecular flexibility index (Phi) is 7.16. The lowest BCUT2D eigenvalue weighted by molar-refractivity contribution is -0.114. The van der Waals surface area contributed by atoms with Crippen molar-refractivity contribution < 1.29 is 23.1 Å². The predicted octanol–water partition coefficient (Wildman–Crippen LogP) is 4.67. The molecule has 0 bridgehead atoms. The lowest BCUT2D eigenvalue weighted by Gasteiger charge is -2.10. The van der Waals surface area contributed by atoms with Crippen molar-refractivity contribution in [1.29, 1.82) is 0 Å². The van der Waals surface area contributed by atoms with Gasteiger partial charge in [0, 0.05) is 28.7 Å². The Hall–Kier alpha value is -3.94. The Morgan fingerprint density at radius 1 is 0.806 bits per heavy atom. The summed E-state index contributed by atoms with van der Waals surface area (Å²) in [6.45, 7) is 2.28. The first-order valence-electron chi connectivity index (χ1n) is 9.57. The van der Waals surface area contributed by atoms with Crippen molar-refractivity contribution >= 4 is 28.9 Å². The van der Waals surface area contributed by atoms with E-state index in [-0.39, 0.29) is 18.1 Å². The fourth-order valence-corrected chi connectivity index (χ4v) is 2.75. The minimum Gasteiger partial charge on any atom is -0.494 e. The Labute approximate surface area is 178 Å². The van der Waals surface area contributed by atoms with Gasteiger partial charge in [0.15, 0.2) is 0 Å². The third-order valence-electron chi connectivity index (χ3n) is 4.17. The molecule has 0 fully saturated rings. The highest BCUT2D eigenvalue weighted by molar-refractivity contribution is 6.04. The van der Waals surface area contributed by atoms with Crippen LogP contribution in [0.15, 0.2) is 66.7 Å². The maximum atomic E-state index is 13.2. The molecule has 0 spiro atoms. The van der Waals surface area contributed by atoms with E-state index in [4.69, 9.17) is 4.74 Å². The summed E-state index contributed by atoms with van der Waals surface area (Å²) in [5, 5.41) is 8.07. The highest BCUT2D eigenvalue weighted by Gasteiger charge is 2.08. The summed E-state index contributed by atoms with van der Waals surface area (Å²) in [7, 11) is 0. The van der Waals surface area contributed by atoms with Gasteiger partial charge in [-0.05, 0) is 67.6 Å². The predicted molar refractivity (Wildman–Crippen MR) is 115 cm³/mol. The monoisotopic (exact) mass is 425 g/mol. The molecule has 2 amide bonds. The normalized spacial score (nSPS) is 10.3. The van der Waals surface area contributed by atoms with Crippen LogP contribution in [0, 0.1) is 11.6 Å². The van der Waals surface area contributed by atoms with Crippen LogP contribution in [-0.4, -0.2) is 25.0 Å². The van der Waals surface area contributed by atoms with E-state index >= 15 is 0 Å². The molecular formula is C23H21F2N3O3. The number of carbonyl (C=O) groups excluding carboxylic acids is 2. The van der Waals surface area contributed by atoms with Gasteiger partial charge in [-0.1, -0.05) is 0 Å². The van der Waals surface area contributed by atoms with Crippen molar-refractivity contribution in [3.63, 3.8) is 0 Å². The zero-order chi connectivity index (χ0) is 22.2. The molecule has 3 aromatic rings. The molecule has 0 aliphatic heterocycles. The van der Waals surface area contributed by atoms with Crippen molar-refractivity contribution in [2.24, 2.45) is 0 Å². The fraction of sp³-hybridized carbons (Fsp3) is 0.130. The number of carbonyl (C=O) groups is 2. The zero-order valence-corrected chi connectivity index (χ0v) is 16.7. The van der Waals surface area contributed by atoms with E-state index in [1.54, 1.807) is 48.5 Å². The highest BCUT2D eigenvalue weighted by Crippen LogP contribution is 2.17. The van der Waals surface area contributed by atoms with Gasteiger partial charge in [-0.15, -0.1) is 0 Å². The van der Waals surface area contributed by atoms with Crippen LogP contribution >= 0.6 is 0 Å². The number of amides is 2. The number of hydrogen-bond acceptors (Lipinski definition) is 4. The van der Waals surface area contributed by atoms with E-state index in [1.165, 1.54) is 0 Å². The maximum absolute atomic E-state index is 13.2. The van der Waals surface area contributed by atoms with E-state index in [2.05, 4.69) is 16.0 Å². The Morgan fingerprint density at radius 3 is 2.00 bits per heavy atom. The summed E-state index contributed by atoms with van der Waals surface area (Å²) in [5.74, 6) is -1.45. The number of ether oxygens (including phenoxy) is 1. The fourth-order valence-electron chi connectivity index (χ4n) is 2.75. The van der Waals surface area contributed by atoms with E-state index in [0.717, 1.165) is 23.9 Å². The van der Waals surface area contributed by atoms with Crippen molar-refractivity contribution in [3.05, 3.63) is 83.9 Å². The molecule has 0 heterocycles. The van der Waals surface area contributed by atoms with Crippen molar-refractivity contribution in [3.8, 4) is 5.75 Å². The molecule has 6 nitrogen and oxygen atoms in total. The lowest BCUT2D eigenvalue weighted by atomic mass is 10.2. The number of benzene rings is 3. The van der Waals surface area contributed by atoms with Crippen molar-refractivity contribution in [2.45, 2.75) is 6.92 Å². The average molecular weight is 425 g/mol. The first-order chi connectivity index (χ1) is 14.9. The number of nitrogens with one attached hydrogen (secondary N) is 3. The lowest BCUT2D eigenvalue weighted by Crippen LogP contribution is -2.22. The van der Waals surface area contributed by atoms with Crippen LogP contribution < -0.4 is 20.7 Å².